The predicted molar refractivity (Wildman–Crippen MR) is 79.6 cm³/mol. The van der Waals surface area contributed by atoms with Crippen LogP contribution < -0.4 is 0 Å². The molecule has 2 heteroatoms. The topological polar surface area (TPSA) is 16.4 Å². The van der Waals surface area contributed by atoms with E-state index in [-0.39, 0.29) is 0 Å². The van der Waals surface area contributed by atoms with E-state index >= 15 is 0 Å². The van der Waals surface area contributed by atoms with Gasteiger partial charge in [-0.1, -0.05) is 19.9 Å². The van der Waals surface area contributed by atoms with E-state index in [1.54, 1.807) is 0 Å². The molecule has 1 aromatic heterocycles. The zero-order chi connectivity index (χ0) is 13.2. The zero-order valence-corrected chi connectivity index (χ0v) is 12.0. The van der Waals surface area contributed by atoms with Crippen LogP contribution in [0.2, 0.25) is 0 Å². The van der Waals surface area contributed by atoms with Crippen LogP contribution in [0.15, 0.2) is 28.9 Å². The maximum absolute atomic E-state index is 5.52. The lowest BCUT2D eigenvalue weighted by Crippen LogP contribution is -2.37. The fraction of sp³-hybridized carbons (Fsp3) is 0.529. The van der Waals surface area contributed by atoms with Crippen LogP contribution in [0.4, 0.5) is 0 Å². The molecular weight excluding hydrogens is 234 g/mol. The van der Waals surface area contributed by atoms with Crippen LogP contribution in [-0.2, 0) is 12.8 Å². The second-order valence-electron chi connectivity index (χ2n) is 5.63. The van der Waals surface area contributed by atoms with E-state index in [9.17, 15) is 0 Å². The molecule has 1 aliphatic rings. The molecule has 2 nitrogen and oxygen atoms in total. The zero-order valence-electron chi connectivity index (χ0n) is 12.0. The number of fused-ring (bicyclic) bond motifs is 3. The molecule has 1 heterocycles. The maximum atomic E-state index is 5.52. The molecule has 0 bridgehead atoms. The first kappa shape index (κ1) is 12.7. The Morgan fingerprint density at radius 3 is 2.63 bits per heavy atom. The summed E-state index contributed by atoms with van der Waals surface area (Å²) in [4.78, 5) is 2.67. The Kier molecular flexibility index (Phi) is 3.61. The smallest absolute Gasteiger partial charge is 0.134 e. The van der Waals surface area contributed by atoms with Crippen LogP contribution in [0, 0.1) is 0 Å². The summed E-state index contributed by atoms with van der Waals surface area (Å²) >= 11 is 0. The Morgan fingerprint density at radius 2 is 1.89 bits per heavy atom. The molecule has 3 rings (SSSR count). The van der Waals surface area contributed by atoms with Crippen molar-refractivity contribution in [2.24, 2.45) is 0 Å². The van der Waals surface area contributed by atoms with Gasteiger partial charge in [0.05, 0.1) is 6.26 Å². The minimum absolute atomic E-state index is 0.690. The van der Waals surface area contributed by atoms with Gasteiger partial charge in [0.2, 0.25) is 0 Å². The Labute approximate surface area is 115 Å². The Balaban J connectivity index is 1.86. The molecular formula is C17H23NO. The largest absolute Gasteiger partial charge is 0.464 e. The van der Waals surface area contributed by atoms with Gasteiger partial charge in [-0.15, -0.1) is 0 Å². The first-order valence-electron chi connectivity index (χ1n) is 7.55. The lowest BCUT2D eigenvalue weighted by molar-refractivity contribution is 0.202. The number of hydrogen-bond donors (Lipinski definition) is 0. The molecule has 19 heavy (non-hydrogen) atoms. The van der Waals surface area contributed by atoms with Crippen molar-refractivity contribution in [3.8, 4) is 0 Å². The predicted octanol–water partition coefficient (Wildman–Crippen LogP) is 4.02. The number of nitrogens with zero attached hydrogens (tertiary/aromatic N) is 1. The van der Waals surface area contributed by atoms with Gasteiger partial charge in [0.15, 0.2) is 0 Å². The van der Waals surface area contributed by atoms with E-state index in [1.807, 2.05) is 6.26 Å². The molecule has 1 atom stereocenters. The molecule has 1 aliphatic carbocycles. The molecule has 1 aromatic carbocycles. The SMILES string of the molecule is CCCN(CCC)C1Cc2ccc3occc3c2C1. The van der Waals surface area contributed by atoms with Crippen molar-refractivity contribution in [3.05, 3.63) is 35.6 Å². The highest BCUT2D eigenvalue weighted by molar-refractivity contribution is 5.83. The van der Waals surface area contributed by atoms with Gasteiger partial charge < -0.3 is 4.42 Å². The van der Waals surface area contributed by atoms with Crippen LogP contribution in [0.25, 0.3) is 11.0 Å². The standard InChI is InChI=1S/C17H23NO/c1-3-8-18(9-4-2)14-11-13-5-6-17-15(7-10-19-17)16(13)12-14/h5-7,10,14H,3-4,8-9,11-12H2,1-2H3. The summed E-state index contributed by atoms with van der Waals surface area (Å²) in [6.07, 6.45) is 6.69. The van der Waals surface area contributed by atoms with Gasteiger partial charge in [-0.05, 0) is 62.0 Å². The number of furan rings is 1. The number of hydrogen-bond acceptors (Lipinski definition) is 2. The lowest BCUT2D eigenvalue weighted by atomic mass is 10.1. The molecule has 0 saturated heterocycles. The quantitative estimate of drug-likeness (QED) is 0.804. The fourth-order valence-corrected chi connectivity index (χ4v) is 3.45. The van der Waals surface area contributed by atoms with E-state index in [1.165, 1.54) is 55.3 Å². The molecule has 0 saturated carbocycles. The third-order valence-electron chi connectivity index (χ3n) is 4.28. The van der Waals surface area contributed by atoms with Crippen molar-refractivity contribution < 1.29 is 4.42 Å². The molecule has 0 radical (unpaired) electrons. The van der Waals surface area contributed by atoms with Gasteiger partial charge in [0.25, 0.3) is 0 Å². The van der Waals surface area contributed by atoms with Gasteiger partial charge in [0, 0.05) is 11.4 Å². The van der Waals surface area contributed by atoms with Crippen LogP contribution in [0.3, 0.4) is 0 Å². The average molecular weight is 257 g/mol. The summed E-state index contributed by atoms with van der Waals surface area (Å²) in [5.74, 6) is 0. The Morgan fingerprint density at radius 1 is 1.11 bits per heavy atom. The molecule has 0 aliphatic heterocycles. The van der Waals surface area contributed by atoms with Gasteiger partial charge in [-0.2, -0.15) is 0 Å². The molecule has 0 fully saturated rings. The summed E-state index contributed by atoms with van der Waals surface area (Å²) < 4.78 is 5.52. The van der Waals surface area contributed by atoms with E-state index in [0.29, 0.717) is 6.04 Å². The van der Waals surface area contributed by atoms with Crippen molar-refractivity contribution in [1.29, 1.82) is 0 Å². The minimum Gasteiger partial charge on any atom is -0.464 e. The van der Waals surface area contributed by atoms with Crippen LogP contribution in [0.1, 0.15) is 37.8 Å². The highest BCUT2D eigenvalue weighted by atomic mass is 16.3. The second-order valence-corrected chi connectivity index (χ2v) is 5.63. The van der Waals surface area contributed by atoms with Gasteiger partial charge >= 0.3 is 0 Å². The van der Waals surface area contributed by atoms with Crippen LogP contribution in [-0.4, -0.2) is 24.0 Å². The lowest BCUT2D eigenvalue weighted by Gasteiger charge is -2.27. The fourth-order valence-electron chi connectivity index (χ4n) is 3.45. The maximum Gasteiger partial charge on any atom is 0.134 e. The van der Waals surface area contributed by atoms with Crippen molar-refractivity contribution in [2.45, 2.75) is 45.6 Å². The Hall–Kier alpha value is -1.28. The second kappa shape index (κ2) is 5.38. The minimum atomic E-state index is 0.690. The summed E-state index contributed by atoms with van der Waals surface area (Å²) in [7, 11) is 0. The molecule has 0 N–H and O–H groups in total. The summed E-state index contributed by atoms with van der Waals surface area (Å²) in [6, 6.07) is 7.20. The molecule has 2 aromatic rings. The van der Waals surface area contributed by atoms with Crippen LogP contribution >= 0.6 is 0 Å². The first-order chi connectivity index (χ1) is 9.33. The van der Waals surface area contributed by atoms with Crippen molar-refractivity contribution >= 4 is 11.0 Å². The molecule has 0 amide bonds. The van der Waals surface area contributed by atoms with E-state index < -0.39 is 0 Å². The van der Waals surface area contributed by atoms with Gasteiger partial charge in [0.1, 0.15) is 5.58 Å². The average Bonchev–Trinajstić information content (AvgIpc) is 3.03. The first-order valence-corrected chi connectivity index (χ1v) is 7.55. The van der Waals surface area contributed by atoms with E-state index in [4.69, 9.17) is 4.42 Å². The number of benzene rings is 1. The summed E-state index contributed by atoms with van der Waals surface area (Å²) in [5.41, 5.74) is 4.08. The molecule has 102 valence electrons. The third kappa shape index (κ3) is 2.30. The summed E-state index contributed by atoms with van der Waals surface area (Å²) in [5, 5.41) is 1.33. The highest BCUT2D eigenvalue weighted by Crippen LogP contribution is 2.32. The summed E-state index contributed by atoms with van der Waals surface area (Å²) in [6.45, 7) is 7.00. The van der Waals surface area contributed by atoms with Gasteiger partial charge in [-0.25, -0.2) is 0 Å². The van der Waals surface area contributed by atoms with Crippen molar-refractivity contribution in [1.82, 2.24) is 4.90 Å². The highest BCUT2D eigenvalue weighted by Gasteiger charge is 2.27. The van der Waals surface area contributed by atoms with Crippen molar-refractivity contribution in [2.75, 3.05) is 13.1 Å². The normalized spacial score (nSPS) is 18.4. The molecule has 0 spiro atoms. The van der Waals surface area contributed by atoms with Crippen molar-refractivity contribution in [3.63, 3.8) is 0 Å². The van der Waals surface area contributed by atoms with E-state index in [2.05, 4.69) is 36.9 Å². The number of rotatable bonds is 5. The monoisotopic (exact) mass is 257 g/mol. The van der Waals surface area contributed by atoms with Gasteiger partial charge in [-0.3, -0.25) is 4.90 Å². The van der Waals surface area contributed by atoms with Crippen LogP contribution in [0.5, 0.6) is 0 Å². The molecule has 1 unspecified atom stereocenters. The van der Waals surface area contributed by atoms with E-state index in [0.717, 1.165) is 5.58 Å². The Bertz CT molecular complexity index is 551. The third-order valence-corrected chi connectivity index (χ3v) is 4.28.